The van der Waals surface area contributed by atoms with E-state index in [9.17, 15) is 4.79 Å². The Kier molecular flexibility index (Phi) is 4.89. The van der Waals surface area contributed by atoms with Crippen molar-refractivity contribution in [1.82, 2.24) is 19.7 Å². The summed E-state index contributed by atoms with van der Waals surface area (Å²) in [6, 6.07) is 21.7. The molecular weight excluding hydrogens is 356 g/mol. The van der Waals surface area contributed by atoms with Crippen LogP contribution in [0.15, 0.2) is 78.1 Å². The number of carbonyl (C=O) groups is 1. The molecule has 0 radical (unpaired) electrons. The van der Waals surface area contributed by atoms with Crippen LogP contribution in [0.3, 0.4) is 0 Å². The Balaban J connectivity index is 1.70. The predicted octanol–water partition coefficient (Wildman–Crippen LogP) is 4.55. The zero-order chi connectivity index (χ0) is 18.6. The van der Waals surface area contributed by atoms with Gasteiger partial charge in [-0.1, -0.05) is 53.7 Å². The summed E-state index contributed by atoms with van der Waals surface area (Å²) in [7, 11) is 0. The van der Waals surface area contributed by atoms with Crippen LogP contribution < -0.4 is 0 Å². The summed E-state index contributed by atoms with van der Waals surface area (Å²) in [5, 5.41) is 9.48. The minimum atomic E-state index is 0.0321. The highest BCUT2D eigenvalue weighted by Gasteiger charge is 2.18. The molecule has 0 saturated carbocycles. The van der Waals surface area contributed by atoms with Gasteiger partial charge in [-0.05, 0) is 37.3 Å². The largest absolute Gasteiger partial charge is 0.359 e. The number of aromatic amines is 1. The van der Waals surface area contributed by atoms with Crippen LogP contribution in [-0.2, 0) is 0 Å². The molecule has 0 aliphatic rings. The smallest absolute Gasteiger partial charge is 0.196 e. The first-order valence-corrected chi connectivity index (χ1v) is 9.58. The van der Waals surface area contributed by atoms with E-state index in [1.807, 2.05) is 53.1 Å². The molecule has 5 nitrogen and oxygen atoms in total. The van der Waals surface area contributed by atoms with Gasteiger partial charge in [0, 0.05) is 17.4 Å². The number of ketones is 1. The zero-order valence-corrected chi connectivity index (χ0v) is 15.6. The normalized spacial score (nSPS) is 10.9. The van der Waals surface area contributed by atoms with Gasteiger partial charge < -0.3 is 4.98 Å². The van der Waals surface area contributed by atoms with Crippen molar-refractivity contribution in [2.45, 2.75) is 12.1 Å². The monoisotopic (exact) mass is 374 g/mol. The molecule has 4 rings (SSSR count). The molecule has 6 heteroatoms. The van der Waals surface area contributed by atoms with E-state index in [2.05, 4.69) is 34.2 Å². The average Bonchev–Trinajstić information content (AvgIpc) is 3.37. The SMILES string of the molecule is Cc1cccc(-c2nnc(SCC(=O)c3ccc[nH]3)n2-c2ccccc2)c1. The molecular formula is C21H18N4OS. The van der Waals surface area contributed by atoms with Gasteiger partial charge in [0.05, 0.1) is 11.4 Å². The second-order valence-electron chi connectivity index (χ2n) is 6.14. The molecule has 27 heavy (non-hydrogen) atoms. The number of nitrogens with one attached hydrogen (secondary N) is 1. The van der Waals surface area contributed by atoms with Crippen LogP contribution >= 0.6 is 11.8 Å². The average molecular weight is 374 g/mol. The van der Waals surface area contributed by atoms with Gasteiger partial charge in [0.15, 0.2) is 16.8 Å². The highest BCUT2D eigenvalue weighted by molar-refractivity contribution is 7.99. The number of rotatable bonds is 6. The van der Waals surface area contributed by atoms with Crippen molar-refractivity contribution >= 4 is 17.5 Å². The third kappa shape index (κ3) is 3.71. The third-order valence-corrected chi connectivity index (χ3v) is 5.08. The Morgan fingerprint density at radius 3 is 2.63 bits per heavy atom. The number of aromatic nitrogens is 4. The Bertz CT molecular complexity index is 1060. The number of thioether (sulfide) groups is 1. The van der Waals surface area contributed by atoms with Crippen LogP contribution in [0.5, 0.6) is 0 Å². The summed E-state index contributed by atoms with van der Waals surface area (Å²) in [6.45, 7) is 2.05. The lowest BCUT2D eigenvalue weighted by Gasteiger charge is -2.10. The standard InChI is InChI=1S/C21H18N4OS/c1-15-7-5-8-16(13-15)20-23-24-21(25(20)17-9-3-2-4-10-17)27-14-19(26)18-11-6-12-22-18/h2-13,22H,14H2,1H3. The summed E-state index contributed by atoms with van der Waals surface area (Å²) in [5.41, 5.74) is 3.72. The molecule has 2 aromatic heterocycles. The number of nitrogens with zero attached hydrogens (tertiary/aromatic N) is 3. The van der Waals surface area contributed by atoms with Crippen LogP contribution in [0.1, 0.15) is 16.1 Å². The number of aryl methyl sites for hydroxylation is 1. The summed E-state index contributed by atoms with van der Waals surface area (Å²) in [4.78, 5) is 15.3. The highest BCUT2D eigenvalue weighted by Crippen LogP contribution is 2.28. The lowest BCUT2D eigenvalue weighted by molar-refractivity contribution is 0.101. The predicted molar refractivity (Wildman–Crippen MR) is 107 cm³/mol. The van der Waals surface area contributed by atoms with Crippen LogP contribution in [0.2, 0.25) is 0 Å². The first-order chi connectivity index (χ1) is 13.2. The van der Waals surface area contributed by atoms with E-state index in [4.69, 9.17) is 0 Å². The maximum Gasteiger partial charge on any atom is 0.196 e. The Labute approximate surface area is 161 Å². The lowest BCUT2D eigenvalue weighted by atomic mass is 10.1. The Morgan fingerprint density at radius 2 is 1.89 bits per heavy atom. The van der Waals surface area contributed by atoms with Crippen LogP contribution in [-0.4, -0.2) is 31.3 Å². The number of hydrogen-bond donors (Lipinski definition) is 1. The van der Waals surface area contributed by atoms with E-state index in [1.54, 1.807) is 12.3 Å². The fourth-order valence-electron chi connectivity index (χ4n) is 2.86. The molecule has 0 aliphatic carbocycles. The summed E-state index contributed by atoms with van der Waals surface area (Å²) < 4.78 is 2.00. The van der Waals surface area contributed by atoms with Crippen LogP contribution in [0.25, 0.3) is 17.1 Å². The second-order valence-corrected chi connectivity index (χ2v) is 7.08. The zero-order valence-electron chi connectivity index (χ0n) is 14.8. The highest BCUT2D eigenvalue weighted by atomic mass is 32.2. The van der Waals surface area contributed by atoms with Crippen LogP contribution in [0, 0.1) is 6.92 Å². The number of para-hydroxylation sites is 1. The van der Waals surface area contributed by atoms with Gasteiger partial charge in [-0.3, -0.25) is 9.36 Å². The molecule has 2 aromatic carbocycles. The topological polar surface area (TPSA) is 63.6 Å². The quantitative estimate of drug-likeness (QED) is 0.397. The molecule has 0 amide bonds. The van der Waals surface area contributed by atoms with Crippen molar-refractivity contribution in [2.75, 3.05) is 5.75 Å². The van der Waals surface area contributed by atoms with E-state index in [0.29, 0.717) is 16.6 Å². The minimum absolute atomic E-state index is 0.0321. The molecule has 1 N–H and O–H groups in total. The van der Waals surface area contributed by atoms with Gasteiger partial charge in [-0.2, -0.15) is 0 Å². The first-order valence-electron chi connectivity index (χ1n) is 8.59. The fourth-order valence-corrected chi connectivity index (χ4v) is 3.69. The number of carbonyl (C=O) groups excluding carboxylic acids is 1. The molecule has 2 heterocycles. The molecule has 134 valence electrons. The van der Waals surface area contributed by atoms with E-state index in [1.165, 1.54) is 11.8 Å². The van der Waals surface area contributed by atoms with Crippen LogP contribution in [0.4, 0.5) is 0 Å². The van der Waals surface area contributed by atoms with Gasteiger partial charge in [0.2, 0.25) is 0 Å². The summed E-state index contributed by atoms with van der Waals surface area (Å²) in [6.07, 6.45) is 1.75. The molecule has 0 saturated heterocycles. The van der Waals surface area contributed by atoms with Gasteiger partial charge in [-0.15, -0.1) is 10.2 Å². The maximum absolute atomic E-state index is 12.3. The van der Waals surface area contributed by atoms with Crippen molar-refractivity contribution in [3.05, 3.63) is 84.2 Å². The molecule has 0 fully saturated rings. The molecule has 0 aliphatic heterocycles. The third-order valence-electron chi connectivity index (χ3n) is 4.15. The van der Waals surface area contributed by atoms with Gasteiger partial charge in [0.1, 0.15) is 0 Å². The van der Waals surface area contributed by atoms with E-state index in [-0.39, 0.29) is 5.78 Å². The summed E-state index contributed by atoms with van der Waals surface area (Å²) >= 11 is 1.39. The van der Waals surface area contributed by atoms with E-state index in [0.717, 1.165) is 22.6 Å². The number of benzene rings is 2. The minimum Gasteiger partial charge on any atom is -0.359 e. The van der Waals surface area contributed by atoms with E-state index >= 15 is 0 Å². The lowest BCUT2D eigenvalue weighted by Crippen LogP contribution is -2.05. The van der Waals surface area contributed by atoms with Crippen molar-refractivity contribution in [1.29, 1.82) is 0 Å². The van der Waals surface area contributed by atoms with Crippen molar-refractivity contribution in [2.24, 2.45) is 0 Å². The molecule has 0 bridgehead atoms. The van der Waals surface area contributed by atoms with Crippen molar-refractivity contribution in [3.63, 3.8) is 0 Å². The van der Waals surface area contributed by atoms with E-state index < -0.39 is 0 Å². The molecule has 0 spiro atoms. The van der Waals surface area contributed by atoms with Gasteiger partial charge >= 0.3 is 0 Å². The summed E-state index contributed by atoms with van der Waals surface area (Å²) in [5.74, 6) is 1.09. The van der Waals surface area contributed by atoms with Gasteiger partial charge in [0.25, 0.3) is 0 Å². The van der Waals surface area contributed by atoms with Gasteiger partial charge in [-0.25, -0.2) is 0 Å². The Hall–Kier alpha value is -3.12. The molecule has 4 aromatic rings. The number of Topliss-reactive ketones (excluding diaryl/α,β-unsaturated/α-hetero) is 1. The number of hydrogen-bond acceptors (Lipinski definition) is 4. The first kappa shape index (κ1) is 17.3. The maximum atomic E-state index is 12.3. The molecule has 0 unspecified atom stereocenters. The number of H-pyrrole nitrogens is 1. The fraction of sp³-hybridized carbons (Fsp3) is 0.0952. The second kappa shape index (κ2) is 7.63. The Morgan fingerprint density at radius 1 is 1.04 bits per heavy atom. The molecule has 0 atom stereocenters. The van der Waals surface area contributed by atoms with Crippen molar-refractivity contribution < 1.29 is 4.79 Å². The van der Waals surface area contributed by atoms with Crippen molar-refractivity contribution in [3.8, 4) is 17.1 Å².